The number of nitriles is 1. The molecule has 0 spiro atoms. The molecule has 1 aromatic rings. The third-order valence-electron chi connectivity index (χ3n) is 1.59. The Kier molecular flexibility index (Phi) is 2.44. The number of anilines is 1. The van der Waals surface area contributed by atoms with E-state index in [0.717, 1.165) is 5.69 Å². The zero-order valence-corrected chi connectivity index (χ0v) is 6.66. The summed E-state index contributed by atoms with van der Waals surface area (Å²) < 4.78 is 0. The van der Waals surface area contributed by atoms with Crippen LogP contribution >= 0.6 is 0 Å². The molecule has 1 rings (SSSR count). The van der Waals surface area contributed by atoms with Crippen LogP contribution in [0.2, 0.25) is 0 Å². The van der Waals surface area contributed by atoms with Gasteiger partial charge in [0.2, 0.25) is 0 Å². The van der Waals surface area contributed by atoms with Crippen LogP contribution in [0.15, 0.2) is 18.2 Å². The molecule has 0 aromatic heterocycles. The standard InChI is InChI=1S/C9H8N2O/c1-11-9-3-2-7(6-12)8(4-9)5-10/h2-4,6,11H,1H3. The minimum atomic E-state index is 0.400. The summed E-state index contributed by atoms with van der Waals surface area (Å²) in [6.07, 6.45) is 0.679. The largest absolute Gasteiger partial charge is 0.388 e. The van der Waals surface area contributed by atoms with E-state index < -0.39 is 0 Å². The van der Waals surface area contributed by atoms with E-state index in [9.17, 15) is 4.79 Å². The number of nitrogens with zero attached hydrogens (tertiary/aromatic N) is 1. The molecule has 1 N–H and O–H groups in total. The number of benzene rings is 1. The van der Waals surface area contributed by atoms with Crippen LogP contribution in [-0.2, 0) is 0 Å². The number of carbonyl (C=O) groups is 1. The second-order valence-corrected chi connectivity index (χ2v) is 2.28. The molecule has 0 aliphatic heterocycles. The van der Waals surface area contributed by atoms with Crippen LogP contribution in [0.5, 0.6) is 0 Å². The summed E-state index contributed by atoms with van der Waals surface area (Å²) in [5, 5.41) is 11.5. The van der Waals surface area contributed by atoms with Crippen LogP contribution in [0.1, 0.15) is 15.9 Å². The van der Waals surface area contributed by atoms with Gasteiger partial charge in [-0.3, -0.25) is 4.79 Å². The molecule has 0 heterocycles. The zero-order chi connectivity index (χ0) is 8.97. The fourth-order valence-corrected chi connectivity index (χ4v) is 0.911. The quantitative estimate of drug-likeness (QED) is 0.665. The Morgan fingerprint density at radius 1 is 1.58 bits per heavy atom. The predicted molar refractivity (Wildman–Crippen MR) is 46.1 cm³/mol. The molecule has 0 fully saturated rings. The van der Waals surface area contributed by atoms with Gasteiger partial charge in [-0.2, -0.15) is 5.26 Å². The molecule has 0 atom stereocenters. The molecule has 0 bridgehead atoms. The van der Waals surface area contributed by atoms with E-state index in [1.807, 2.05) is 6.07 Å². The highest BCUT2D eigenvalue weighted by molar-refractivity contribution is 5.80. The summed E-state index contributed by atoms with van der Waals surface area (Å²) >= 11 is 0. The summed E-state index contributed by atoms with van der Waals surface area (Å²) in [4.78, 5) is 10.4. The average molecular weight is 160 g/mol. The lowest BCUT2D eigenvalue weighted by Gasteiger charge is -2.00. The first-order valence-electron chi connectivity index (χ1n) is 3.49. The van der Waals surface area contributed by atoms with Crippen molar-refractivity contribution >= 4 is 12.0 Å². The van der Waals surface area contributed by atoms with Crippen LogP contribution in [0, 0.1) is 11.3 Å². The first-order valence-corrected chi connectivity index (χ1v) is 3.49. The van der Waals surface area contributed by atoms with Crippen LogP contribution in [0.25, 0.3) is 0 Å². The fraction of sp³-hybridized carbons (Fsp3) is 0.111. The molecule has 60 valence electrons. The van der Waals surface area contributed by atoms with Crippen molar-refractivity contribution in [3.8, 4) is 6.07 Å². The van der Waals surface area contributed by atoms with E-state index in [2.05, 4.69) is 5.32 Å². The van der Waals surface area contributed by atoms with Gasteiger partial charge in [-0.15, -0.1) is 0 Å². The summed E-state index contributed by atoms with van der Waals surface area (Å²) in [5.41, 5.74) is 1.66. The molecular weight excluding hydrogens is 152 g/mol. The van der Waals surface area contributed by atoms with E-state index in [0.29, 0.717) is 17.4 Å². The molecule has 0 amide bonds. The molecule has 3 nitrogen and oxygen atoms in total. The molecule has 1 aromatic carbocycles. The molecule has 3 heteroatoms. The third kappa shape index (κ3) is 1.43. The number of nitrogens with one attached hydrogen (secondary N) is 1. The van der Waals surface area contributed by atoms with E-state index in [1.165, 1.54) is 0 Å². The summed E-state index contributed by atoms with van der Waals surface area (Å²) in [7, 11) is 1.76. The molecule has 0 aliphatic rings. The monoisotopic (exact) mass is 160 g/mol. The topological polar surface area (TPSA) is 52.9 Å². The Hall–Kier alpha value is -1.82. The predicted octanol–water partition coefficient (Wildman–Crippen LogP) is 1.41. The van der Waals surface area contributed by atoms with E-state index >= 15 is 0 Å². The Morgan fingerprint density at radius 3 is 2.83 bits per heavy atom. The van der Waals surface area contributed by atoms with Gasteiger partial charge in [0.15, 0.2) is 6.29 Å². The fourth-order valence-electron chi connectivity index (χ4n) is 0.911. The third-order valence-corrected chi connectivity index (χ3v) is 1.59. The second-order valence-electron chi connectivity index (χ2n) is 2.28. The molecule has 12 heavy (non-hydrogen) atoms. The minimum Gasteiger partial charge on any atom is -0.388 e. The van der Waals surface area contributed by atoms with Crippen molar-refractivity contribution in [2.24, 2.45) is 0 Å². The van der Waals surface area contributed by atoms with E-state index in [4.69, 9.17) is 5.26 Å². The molecule has 0 radical (unpaired) electrons. The van der Waals surface area contributed by atoms with Crippen molar-refractivity contribution < 1.29 is 4.79 Å². The zero-order valence-electron chi connectivity index (χ0n) is 6.66. The van der Waals surface area contributed by atoms with Crippen molar-refractivity contribution in [2.75, 3.05) is 12.4 Å². The number of aldehydes is 1. The number of hydrogen-bond donors (Lipinski definition) is 1. The number of rotatable bonds is 2. The highest BCUT2D eigenvalue weighted by Gasteiger charge is 2.00. The molecule has 0 saturated carbocycles. The lowest BCUT2D eigenvalue weighted by Crippen LogP contribution is -1.92. The lowest BCUT2D eigenvalue weighted by molar-refractivity contribution is 0.112. The van der Waals surface area contributed by atoms with Gasteiger partial charge in [0.1, 0.15) is 0 Å². The van der Waals surface area contributed by atoms with Crippen LogP contribution in [-0.4, -0.2) is 13.3 Å². The van der Waals surface area contributed by atoms with Gasteiger partial charge in [0, 0.05) is 18.3 Å². The Morgan fingerprint density at radius 2 is 2.33 bits per heavy atom. The van der Waals surface area contributed by atoms with E-state index in [1.54, 1.807) is 25.2 Å². The Bertz CT molecular complexity index is 339. The van der Waals surface area contributed by atoms with Gasteiger partial charge >= 0.3 is 0 Å². The van der Waals surface area contributed by atoms with Gasteiger partial charge < -0.3 is 5.32 Å². The number of hydrogen-bond acceptors (Lipinski definition) is 3. The van der Waals surface area contributed by atoms with Crippen LogP contribution in [0.4, 0.5) is 5.69 Å². The van der Waals surface area contributed by atoms with Crippen molar-refractivity contribution in [3.05, 3.63) is 29.3 Å². The summed E-state index contributed by atoms with van der Waals surface area (Å²) in [5.74, 6) is 0. The highest BCUT2D eigenvalue weighted by Crippen LogP contribution is 2.12. The van der Waals surface area contributed by atoms with Crippen LogP contribution < -0.4 is 5.32 Å². The van der Waals surface area contributed by atoms with E-state index in [-0.39, 0.29) is 0 Å². The normalized spacial score (nSPS) is 8.67. The first kappa shape index (κ1) is 8.28. The van der Waals surface area contributed by atoms with Gasteiger partial charge in [0.05, 0.1) is 11.6 Å². The minimum absolute atomic E-state index is 0.400. The molecule has 0 saturated heterocycles. The maximum Gasteiger partial charge on any atom is 0.151 e. The van der Waals surface area contributed by atoms with Crippen molar-refractivity contribution in [1.82, 2.24) is 0 Å². The summed E-state index contributed by atoms with van der Waals surface area (Å²) in [6, 6.07) is 6.97. The van der Waals surface area contributed by atoms with Crippen molar-refractivity contribution in [3.63, 3.8) is 0 Å². The van der Waals surface area contributed by atoms with Crippen molar-refractivity contribution in [1.29, 1.82) is 5.26 Å². The SMILES string of the molecule is CNc1ccc(C=O)c(C#N)c1. The van der Waals surface area contributed by atoms with Gasteiger partial charge in [-0.1, -0.05) is 0 Å². The maximum absolute atomic E-state index is 10.4. The van der Waals surface area contributed by atoms with Gasteiger partial charge in [0.25, 0.3) is 0 Å². The molecule has 0 unspecified atom stereocenters. The molecule has 0 aliphatic carbocycles. The Labute approximate surface area is 70.6 Å². The first-order chi connectivity index (χ1) is 5.81. The maximum atomic E-state index is 10.4. The average Bonchev–Trinajstić information content (AvgIpc) is 2.16. The Balaban J connectivity index is 3.22. The summed E-state index contributed by atoms with van der Waals surface area (Å²) in [6.45, 7) is 0. The van der Waals surface area contributed by atoms with Crippen LogP contribution in [0.3, 0.4) is 0 Å². The second kappa shape index (κ2) is 3.54. The smallest absolute Gasteiger partial charge is 0.151 e. The molecular formula is C9H8N2O. The van der Waals surface area contributed by atoms with Gasteiger partial charge in [-0.05, 0) is 18.2 Å². The number of carbonyl (C=O) groups excluding carboxylic acids is 1. The lowest BCUT2D eigenvalue weighted by atomic mass is 10.1. The van der Waals surface area contributed by atoms with Gasteiger partial charge in [-0.25, -0.2) is 0 Å². The highest BCUT2D eigenvalue weighted by atomic mass is 16.1. The van der Waals surface area contributed by atoms with Crippen molar-refractivity contribution in [2.45, 2.75) is 0 Å².